The van der Waals surface area contributed by atoms with Crippen LogP contribution in [-0.4, -0.2) is 25.3 Å². The Morgan fingerprint density at radius 2 is 1.83 bits per heavy atom. The molecule has 0 unspecified atom stereocenters. The van der Waals surface area contributed by atoms with Gasteiger partial charge < -0.3 is 19.9 Å². The largest absolute Gasteiger partial charge is 0.493 e. The number of aromatic carboxylic acids is 1. The van der Waals surface area contributed by atoms with Gasteiger partial charge in [0.1, 0.15) is 0 Å². The molecule has 2 rings (SSSR count). The van der Waals surface area contributed by atoms with Gasteiger partial charge in [0.05, 0.1) is 19.8 Å². The Kier molecular flexibility index (Phi) is 5.50. The minimum Gasteiger partial charge on any atom is -0.493 e. The summed E-state index contributed by atoms with van der Waals surface area (Å²) in [7, 11) is 3.17. The molecule has 0 saturated carbocycles. The average molecular weight is 380 g/mol. The normalized spacial score (nSPS) is 10.3. The second kappa shape index (κ2) is 7.37. The minimum atomic E-state index is -0.944. The first-order chi connectivity index (χ1) is 11.0. The van der Waals surface area contributed by atoms with Crippen LogP contribution in [-0.2, 0) is 6.54 Å². The van der Waals surface area contributed by atoms with Crippen LogP contribution in [0.3, 0.4) is 0 Å². The van der Waals surface area contributed by atoms with E-state index in [-0.39, 0.29) is 5.56 Å². The summed E-state index contributed by atoms with van der Waals surface area (Å²) < 4.78 is 11.4. The molecule has 0 aliphatic heterocycles. The lowest BCUT2D eigenvalue weighted by atomic mass is 10.1. The van der Waals surface area contributed by atoms with Gasteiger partial charge in [0.2, 0.25) is 0 Å². The Morgan fingerprint density at radius 1 is 1.17 bits per heavy atom. The van der Waals surface area contributed by atoms with Crippen LogP contribution >= 0.6 is 15.9 Å². The third kappa shape index (κ3) is 3.96. The molecule has 0 aromatic heterocycles. The van der Waals surface area contributed by atoms with Crippen molar-refractivity contribution in [2.75, 3.05) is 19.5 Å². The second-order valence-corrected chi connectivity index (χ2v) is 5.84. The monoisotopic (exact) mass is 379 g/mol. The van der Waals surface area contributed by atoms with E-state index >= 15 is 0 Å². The van der Waals surface area contributed by atoms with Crippen LogP contribution in [0, 0.1) is 6.92 Å². The zero-order valence-electron chi connectivity index (χ0n) is 13.1. The summed E-state index contributed by atoms with van der Waals surface area (Å²) >= 11 is 3.51. The molecule has 122 valence electrons. The molecule has 0 radical (unpaired) electrons. The van der Waals surface area contributed by atoms with Crippen molar-refractivity contribution in [1.82, 2.24) is 0 Å². The zero-order valence-corrected chi connectivity index (χ0v) is 14.7. The number of carbonyl (C=O) groups is 1. The van der Waals surface area contributed by atoms with E-state index in [0.717, 1.165) is 21.3 Å². The number of aryl methyl sites for hydroxylation is 1. The Balaban J connectivity index is 2.24. The second-order valence-electron chi connectivity index (χ2n) is 4.99. The van der Waals surface area contributed by atoms with Crippen molar-refractivity contribution in [2.24, 2.45) is 0 Å². The maximum atomic E-state index is 11.1. The summed E-state index contributed by atoms with van der Waals surface area (Å²) in [4.78, 5) is 11.1. The third-order valence-electron chi connectivity index (χ3n) is 3.51. The molecule has 0 atom stereocenters. The molecule has 6 heteroatoms. The number of anilines is 1. The smallest absolute Gasteiger partial charge is 0.335 e. The highest BCUT2D eigenvalue weighted by molar-refractivity contribution is 9.10. The van der Waals surface area contributed by atoms with Crippen molar-refractivity contribution in [3.05, 3.63) is 51.5 Å². The highest BCUT2D eigenvalue weighted by atomic mass is 79.9. The van der Waals surface area contributed by atoms with Gasteiger partial charge >= 0.3 is 5.97 Å². The number of carboxylic acid groups (broad SMARTS) is 1. The standard InChI is InChI=1S/C17H18BrNO4/c1-10-4-5-11(17(20)21)6-14(10)19-9-12-7-15(22-2)16(23-3)8-13(12)18/h4-8,19H,9H2,1-3H3,(H,20,21). The van der Waals surface area contributed by atoms with E-state index in [1.807, 2.05) is 19.1 Å². The predicted molar refractivity (Wildman–Crippen MR) is 92.7 cm³/mol. The summed E-state index contributed by atoms with van der Waals surface area (Å²) in [5.41, 5.74) is 2.99. The number of nitrogens with one attached hydrogen (secondary N) is 1. The topological polar surface area (TPSA) is 67.8 Å². The van der Waals surface area contributed by atoms with Crippen LogP contribution in [0.25, 0.3) is 0 Å². The van der Waals surface area contributed by atoms with E-state index in [4.69, 9.17) is 14.6 Å². The van der Waals surface area contributed by atoms with Gasteiger partial charge in [0.15, 0.2) is 11.5 Å². The van der Waals surface area contributed by atoms with E-state index in [9.17, 15) is 4.79 Å². The molecule has 0 saturated heterocycles. The van der Waals surface area contributed by atoms with Crippen LogP contribution in [0.1, 0.15) is 21.5 Å². The molecule has 0 heterocycles. The molecule has 0 aliphatic rings. The molecule has 2 N–H and O–H groups in total. The summed E-state index contributed by atoms with van der Waals surface area (Å²) in [6.45, 7) is 2.45. The first kappa shape index (κ1) is 17.1. The summed E-state index contributed by atoms with van der Waals surface area (Å²) in [6.07, 6.45) is 0. The van der Waals surface area contributed by atoms with Gasteiger partial charge in [-0.2, -0.15) is 0 Å². The van der Waals surface area contributed by atoms with Crippen LogP contribution in [0.15, 0.2) is 34.8 Å². The summed E-state index contributed by atoms with van der Waals surface area (Å²) in [5.74, 6) is 0.344. The van der Waals surface area contributed by atoms with Crippen molar-refractivity contribution >= 4 is 27.6 Å². The van der Waals surface area contributed by atoms with Crippen molar-refractivity contribution in [2.45, 2.75) is 13.5 Å². The Labute approximate surface area is 143 Å². The number of ether oxygens (including phenoxy) is 2. The van der Waals surface area contributed by atoms with E-state index in [1.54, 1.807) is 32.4 Å². The van der Waals surface area contributed by atoms with E-state index in [0.29, 0.717) is 18.0 Å². The van der Waals surface area contributed by atoms with E-state index in [2.05, 4.69) is 21.2 Å². The third-order valence-corrected chi connectivity index (χ3v) is 4.24. The first-order valence-electron chi connectivity index (χ1n) is 6.94. The number of carboxylic acids is 1. The number of benzene rings is 2. The zero-order chi connectivity index (χ0) is 17.0. The summed E-state index contributed by atoms with van der Waals surface area (Å²) in [5, 5.41) is 12.4. The van der Waals surface area contributed by atoms with Gasteiger partial charge in [0, 0.05) is 16.7 Å². The van der Waals surface area contributed by atoms with Crippen LogP contribution in [0.5, 0.6) is 11.5 Å². The fourth-order valence-electron chi connectivity index (χ4n) is 2.17. The minimum absolute atomic E-state index is 0.254. The molecule has 0 amide bonds. The predicted octanol–water partition coefficient (Wildman–Crippen LogP) is 4.09. The lowest BCUT2D eigenvalue weighted by Gasteiger charge is -2.14. The molecule has 0 spiro atoms. The van der Waals surface area contributed by atoms with Crippen LogP contribution < -0.4 is 14.8 Å². The van der Waals surface area contributed by atoms with Crippen molar-refractivity contribution in [1.29, 1.82) is 0 Å². The Bertz CT molecular complexity index is 731. The quantitative estimate of drug-likeness (QED) is 0.790. The van der Waals surface area contributed by atoms with E-state index in [1.165, 1.54) is 0 Å². The molecular formula is C17H18BrNO4. The SMILES string of the molecule is COc1cc(Br)c(CNc2cc(C(=O)O)ccc2C)cc1OC. The molecular weight excluding hydrogens is 362 g/mol. The molecule has 0 aliphatic carbocycles. The molecule has 0 bridgehead atoms. The highest BCUT2D eigenvalue weighted by Gasteiger charge is 2.11. The van der Waals surface area contributed by atoms with E-state index < -0.39 is 5.97 Å². The number of rotatable bonds is 6. The van der Waals surface area contributed by atoms with Crippen LogP contribution in [0.4, 0.5) is 5.69 Å². The summed E-state index contributed by atoms with van der Waals surface area (Å²) in [6, 6.07) is 8.74. The average Bonchev–Trinajstić information content (AvgIpc) is 2.54. The van der Waals surface area contributed by atoms with Crippen molar-refractivity contribution < 1.29 is 19.4 Å². The maximum absolute atomic E-state index is 11.1. The fourth-order valence-corrected chi connectivity index (χ4v) is 2.63. The Morgan fingerprint density at radius 3 is 2.43 bits per heavy atom. The lowest BCUT2D eigenvalue weighted by Crippen LogP contribution is -2.05. The molecule has 2 aromatic carbocycles. The van der Waals surface area contributed by atoms with Gasteiger partial charge in [-0.05, 0) is 42.3 Å². The maximum Gasteiger partial charge on any atom is 0.335 e. The van der Waals surface area contributed by atoms with Gasteiger partial charge in [-0.1, -0.05) is 22.0 Å². The van der Waals surface area contributed by atoms with Crippen LogP contribution in [0.2, 0.25) is 0 Å². The van der Waals surface area contributed by atoms with Crippen molar-refractivity contribution in [3.8, 4) is 11.5 Å². The fraction of sp³-hybridized carbons (Fsp3) is 0.235. The molecule has 23 heavy (non-hydrogen) atoms. The van der Waals surface area contributed by atoms with Gasteiger partial charge in [-0.25, -0.2) is 4.79 Å². The van der Waals surface area contributed by atoms with Gasteiger partial charge in [-0.15, -0.1) is 0 Å². The van der Waals surface area contributed by atoms with Gasteiger partial charge in [-0.3, -0.25) is 0 Å². The molecule has 5 nitrogen and oxygen atoms in total. The number of halogens is 1. The van der Waals surface area contributed by atoms with Gasteiger partial charge in [0.25, 0.3) is 0 Å². The highest BCUT2D eigenvalue weighted by Crippen LogP contribution is 2.33. The molecule has 0 fully saturated rings. The molecule has 2 aromatic rings. The Hall–Kier alpha value is -2.21. The first-order valence-corrected chi connectivity index (χ1v) is 7.73. The van der Waals surface area contributed by atoms with Crippen molar-refractivity contribution in [3.63, 3.8) is 0 Å². The number of hydrogen-bond donors (Lipinski definition) is 2. The number of methoxy groups -OCH3 is 2. The lowest BCUT2D eigenvalue weighted by molar-refractivity contribution is 0.0697. The number of hydrogen-bond acceptors (Lipinski definition) is 4.